The molecule has 1 aliphatic rings. The summed E-state index contributed by atoms with van der Waals surface area (Å²) in [7, 11) is 1.64. The van der Waals surface area contributed by atoms with E-state index in [4.69, 9.17) is 4.74 Å². The molecule has 0 saturated carbocycles. The van der Waals surface area contributed by atoms with Gasteiger partial charge in [0.25, 0.3) is 0 Å². The lowest BCUT2D eigenvalue weighted by atomic mass is 9.99. The van der Waals surface area contributed by atoms with Gasteiger partial charge in [0.05, 0.1) is 13.5 Å². The lowest BCUT2D eigenvalue weighted by Gasteiger charge is -2.27. The lowest BCUT2D eigenvalue weighted by Crippen LogP contribution is -2.35. The molecule has 0 unspecified atom stereocenters. The van der Waals surface area contributed by atoms with Crippen molar-refractivity contribution in [3.63, 3.8) is 0 Å². The van der Waals surface area contributed by atoms with E-state index < -0.39 is 0 Å². The Balaban J connectivity index is 1.65. The van der Waals surface area contributed by atoms with Crippen LogP contribution in [-0.4, -0.2) is 31.0 Å². The third kappa shape index (κ3) is 3.62. The van der Waals surface area contributed by atoms with Crippen molar-refractivity contribution in [2.24, 2.45) is 0 Å². The van der Waals surface area contributed by atoms with Crippen LogP contribution in [0.1, 0.15) is 17.5 Å². The van der Waals surface area contributed by atoms with Crippen molar-refractivity contribution < 1.29 is 9.53 Å². The maximum absolute atomic E-state index is 12.5. The van der Waals surface area contributed by atoms with Gasteiger partial charge >= 0.3 is 0 Å². The molecule has 0 saturated heterocycles. The molecule has 23 heavy (non-hydrogen) atoms. The highest BCUT2D eigenvalue weighted by Gasteiger charge is 2.19. The summed E-state index contributed by atoms with van der Waals surface area (Å²) in [5.74, 6) is 0.927. The van der Waals surface area contributed by atoms with Gasteiger partial charge in [-0.05, 0) is 23.6 Å². The number of nitrogens with zero attached hydrogens (tertiary/aromatic N) is 1. The molecule has 0 aromatic heterocycles. The summed E-state index contributed by atoms with van der Waals surface area (Å²) < 4.78 is 5.33. The molecule has 1 heterocycles. The zero-order chi connectivity index (χ0) is 16.1. The first-order valence-corrected chi connectivity index (χ1v) is 7.92. The van der Waals surface area contributed by atoms with E-state index in [0.29, 0.717) is 13.0 Å². The van der Waals surface area contributed by atoms with Gasteiger partial charge in [-0.25, -0.2) is 0 Å². The molecule has 1 amide bonds. The fourth-order valence-electron chi connectivity index (χ4n) is 2.93. The Hall–Kier alpha value is -2.55. The number of hydrogen-bond acceptors (Lipinski definition) is 2. The molecule has 0 atom stereocenters. The van der Waals surface area contributed by atoms with Crippen molar-refractivity contribution in [3.8, 4) is 5.75 Å². The number of para-hydroxylation sites is 1. The second-order valence-corrected chi connectivity index (χ2v) is 5.67. The van der Waals surface area contributed by atoms with E-state index in [9.17, 15) is 4.79 Å². The van der Waals surface area contributed by atoms with Gasteiger partial charge in [-0.1, -0.05) is 54.6 Å². The average Bonchev–Trinajstić information content (AvgIpc) is 2.63. The third-order valence-corrected chi connectivity index (χ3v) is 4.24. The Morgan fingerprint density at radius 1 is 1.09 bits per heavy atom. The second-order valence-electron chi connectivity index (χ2n) is 5.67. The monoisotopic (exact) mass is 307 g/mol. The third-order valence-electron chi connectivity index (χ3n) is 4.24. The van der Waals surface area contributed by atoms with E-state index in [1.807, 2.05) is 35.2 Å². The van der Waals surface area contributed by atoms with E-state index >= 15 is 0 Å². The van der Waals surface area contributed by atoms with Crippen LogP contribution in [0.4, 0.5) is 0 Å². The van der Waals surface area contributed by atoms with Crippen LogP contribution in [0.15, 0.2) is 60.7 Å². The van der Waals surface area contributed by atoms with Crippen molar-refractivity contribution in [2.45, 2.75) is 12.8 Å². The maximum Gasteiger partial charge on any atom is 0.227 e. The Kier molecular flexibility index (Phi) is 4.77. The van der Waals surface area contributed by atoms with E-state index in [-0.39, 0.29) is 5.91 Å². The van der Waals surface area contributed by atoms with Gasteiger partial charge in [-0.15, -0.1) is 0 Å². The second kappa shape index (κ2) is 7.14. The number of ether oxygens (including phenoxy) is 1. The molecule has 0 radical (unpaired) electrons. The van der Waals surface area contributed by atoms with Crippen LogP contribution in [0, 0.1) is 0 Å². The predicted octanol–water partition coefficient (Wildman–Crippen LogP) is 3.55. The number of benzene rings is 2. The summed E-state index contributed by atoms with van der Waals surface area (Å²) in [6.07, 6.45) is 3.46. The maximum atomic E-state index is 12.5. The van der Waals surface area contributed by atoms with E-state index in [0.717, 1.165) is 24.3 Å². The van der Waals surface area contributed by atoms with Crippen molar-refractivity contribution >= 4 is 11.5 Å². The molecular weight excluding hydrogens is 286 g/mol. The highest BCUT2D eigenvalue weighted by Crippen LogP contribution is 2.23. The Labute approximate surface area is 137 Å². The number of carbonyl (C=O) groups is 1. The SMILES string of the molecule is COc1ccccc1CC(=O)N1CC=C(c2ccccc2)CC1. The topological polar surface area (TPSA) is 29.5 Å². The predicted molar refractivity (Wildman–Crippen MR) is 92.3 cm³/mol. The molecule has 3 rings (SSSR count). The Morgan fingerprint density at radius 2 is 1.83 bits per heavy atom. The average molecular weight is 307 g/mol. The molecule has 0 bridgehead atoms. The molecule has 0 aliphatic carbocycles. The summed E-state index contributed by atoms with van der Waals surface area (Å²) in [6.45, 7) is 1.45. The fraction of sp³-hybridized carbons (Fsp3) is 0.250. The zero-order valence-corrected chi connectivity index (χ0v) is 13.4. The molecule has 0 N–H and O–H groups in total. The first kappa shape index (κ1) is 15.3. The minimum atomic E-state index is 0.151. The van der Waals surface area contributed by atoms with Gasteiger partial charge in [0.2, 0.25) is 5.91 Å². The van der Waals surface area contributed by atoms with Crippen LogP contribution in [0.3, 0.4) is 0 Å². The number of carbonyl (C=O) groups excluding carboxylic acids is 1. The minimum absolute atomic E-state index is 0.151. The van der Waals surface area contributed by atoms with Gasteiger partial charge in [0, 0.05) is 18.7 Å². The fourth-order valence-corrected chi connectivity index (χ4v) is 2.93. The summed E-state index contributed by atoms with van der Waals surface area (Å²) in [4.78, 5) is 14.4. The highest BCUT2D eigenvalue weighted by atomic mass is 16.5. The van der Waals surface area contributed by atoms with Crippen LogP contribution in [-0.2, 0) is 11.2 Å². The largest absolute Gasteiger partial charge is 0.496 e. The van der Waals surface area contributed by atoms with Crippen LogP contribution in [0.2, 0.25) is 0 Å². The summed E-state index contributed by atoms with van der Waals surface area (Å²) in [5, 5.41) is 0. The van der Waals surface area contributed by atoms with Crippen LogP contribution < -0.4 is 4.74 Å². The molecule has 3 heteroatoms. The van der Waals surface area contributed by atoms with Crippen molar-refractivity contribution in [3.05, 3.63) is 71.8 Å². The number of rotatable bonds is 4. The molecule has 2 aromatic carbocycles. The van der Waals surface area contributed by atoms with Gasteiger partial charge in [-0.3, -0.25) is 4.79 Å². The molecule has 118 valence electrons. The van der Waals surface area contributed by atoms with Crippen molar-refractivity contribution in [1.82, 2.24) is 4.90 Å². The normalized spacial score (nSPS) is 14.3. The molecule has 0 spiro atoms. The van der Waals surface area contributed by atoms with Crippen molar-refractivity contribution in [2.75, 3.05) is 20.2 Å². The van der Waals surface area contributed by atoms with Crippen LogP contribution in [0.5, 0.6) is 5.75 Å². The Morgan fingerprint density at radius 3 is 2.52 bits per heavy atom. The van der Waals surface area contributed by atoms with Gasteiger partial charge < -0.3 is 9.64 Å². The quantitative estimate of drug-likeness (QED) is 0.864. The minimum Gasteiger partial charge on any atom is -0.496 e. The number of amides is 1. The number of methoxy groups -OCH3 is 1. The van der Waals surface area contributed by atoms with Crippen molar-refractivity contribution in [1.29, 1.82) is 0 Å². The standard InChI is InChI=1S/C20H21NO2/c1-23-19-10-6-5-9-18(19)15-20(22)21-13-11-17(12-14-21)16-7-3-2-4-8-16/h2-11H,12-15H2,1H3. The van der Waals surface area contributed by atoms with Gasteiger partial charge in [0.1, 0.15) is 5.75 Å². The van der Waals surface area contributed by atoms with Gasteiger partial charge in [-0.2, -0.15) is 0 Å². The number of hydrogen-bond donors (Lipinski definition) is 0. The van der Waals surface area contributed by atoms with Gasteiger partial charge in [0.15, 0.2) is 0 Å². The molecule has 0 fully saturated rings. The molecular formula is C20H21NO2. The lowest BCUT2D eigenvalue weighted by molar-refractivity contribution is -0.130. The first-order chi connectivity index (χ1) is 11.3. The summed E-state index contributed by atoms with van der Waals surface area (Å²) >= 11 is 0. The Bertz CT molecular complexity index is 707. The first-order valence-electron chi connectivity index (χ1n) is 7.92. The zero-order valence-electron chi connectivity index (χ0n) is 13.4. The van der Waals surface area contributed by atoms with Crippen LogP contribution >= 0.6 is 0 Å². The summed E-state index contributed by atoms with van der Waals surface area (Å²) in [5.41, 5.74) is 3.52. The molecule has 3 nitrogen and oxygen atoms in total. The molecule has 1 aliphatic heterocycles. The molecule has 2 aromatic rings. The van der Waals surface area contributed by atoms with E-state index in [2.05, 4.69) is 30.3 Å². The highest BCUT2D eigenvalue weighted by molar-refractivity contribution is 5.81. The van der Waals surface area contributed by atoms with E-state index in [1.54, 1.807) is 7.11 Å². The van der Waals surface area contributed by atoms with E-state index in [1.165, 1.54) is 11.1 Å². The smallest absolute Gasteiger partial charge is 0.227 e. The summed E-state index contributed by atoms with van der Waals surface area (Å²) in [6, 6.07) is 18.1. The van der Waals surface area contributed by atoms with Crippen LogP contribution in [0.25, 0.3) is 5.57 Å².